The lowest BCUT2D eigenvalue weighted by Gasteiger charge is -2.32. The number of fused-ring (bicyclic) bond motifs is 1. The van der Waals surface area contributed by atoms with Gasteiger partial charge in [-0.05, 0) is 53.0 Å². The van der Waals surface area contributed by atoms with Crippen LogP contribution in [0, 0.1) is 0 Å². The van der Waals surface area contributed by atoms with Gasteiger partial charge in [-0.25, -0.2) is 14.5 Å². The van der Waals surface area contributed by atoms with Crippen LogP contribution in [0.2, 0.25) is 0 Å². The van der Waals surface area contributed by atoms with Crippen molar-refractivity contribution in [2.75, 3.05) is 20.1 Å². The van der Waals surface area contributed by atoms with Crippen LogP contribution < -0.4 is 5.59 Å². The van der Waals surface area contributed by atoms with E-state index in [2.05, 4.69) is 11.9 Å². The molecule has 2 aliphatic heterocycles. The van der Waals surface area contributed by atoms with Gasteiger partial charge in [-0.1, -0.05) is 13.3 Å². The Kier molecular flexibility index (Phi) is 5.40. The number of carbonyl (C=O) groups excluding carboxylic acids is 1. The lowest BCUT2D eigenvalue weighted by molar-refractivity contribution is 0.00578. The molecule has 9 heteroatoms. The molecule has 0 bridgehead atoms. The third-order valence-electron chi connectivity index (χ3n) is 6.59. The van der Waals surface area contributed by atoms with E-state index >= 15 is 0 Å². The van der Waals surface area contributed by atoms with E-state index in [0.717, 1.165) is 44.5 Å². The van der Waals surface area contributed by atoms with Crippen molar-refractivity contribution in [3.05, 3.63) is 23.5 Å². The van der Waals surface area contributed by atoms with E-state index in [-0.39, 0.29) is 5.91 Å². The van der Waals surface area contributed by atoms with Crippen LogP contribution in [0.25, 0.3) is 5.65 Å². The zero-order chi connectivity index (χ0) is 21.7. The van der Waals surface area contributed by atoms with Crippen molar-refractivity contribution < 1.29 is 14.1 Å². The second-order valence-corrected chi connectivity index (χ2v) is 9.28. The first-order valence-corrected chi connectivity index (χ1v) is 10.9. The highest BCUT2D eigenvalue weighted by molar-refractivity contribution is 6.61. The standard InChI is InChI=1S/C21H32BN5O3/c1-7-15-13-16(19(28)26-12-10-8-9-11-25(26)6)23-18-14-17(24-27(15)18)22-29-20(2,3)21(4,5)30-22/h13-14H,7-12H2,1-6H3. The number of aromatic nitrogens is 3. The molecule has 1 amide bonds. The maximum absolute atomic E-state index is 13.3. The van der Waals surface area contributed by atoms with Gasteiger partial charge >= 0.3 is 7.12 Å². The molecule has 2 fully saturated rings. The number of hydrogen-bond donors (Lipinski definition) is 0. The van der Waals surface area contributed by atoms with Crippen LogP contribution in [0.3, 0.4) is 0 Å². The zero-order valence-corrected chi connectivity index (χ0v) is 18.9. The minimum absolute atomic E-state index is 0.0602. The van der Waals surface area contributed by atoms with Crippen molar-refractivity contribution in [1.29, 1.82) is 0 Å². The van der Waals surface area contributed by atoms with Gasteiger partial charge in [0.2, 0.25) is 0 Å². The predicted molar refractivity (Wildman–Crippen MR) is 116 cm³/mol. The monoisotopic (exact) mass is 413 g/mol. The number of amides is 1. The SMILES string of the molecule is CCc1cc(C(=O)N2CCCCCN2C)nc2cc(B3OC(C)(C)C(C)(C)O3)nn12. The Balaban J connectivity index is 1.68. The summed E-state index contributed by atoms with van der Waals surface area (Å²) in [4.78, 5) is 17.9. The summed E-state index contributed by atoms with van der Waals surface area (Å²) < 4.78 is 14.1. The molecule has 162 valence electrons. The van der Waals surface area contributed by atoms with Crippen LogP contribution in [0.4, 0.5) is 0 Å². The van der Waals surface area contributed by atoms with Crippen LogP contribution in [0.1, 0.15) is 70.1 Å². The smallest absolute Gasteiger partial charge is 0.398 e. The summed E-state index contributed by atoms with van der Waals surface area (Å²) in [5, 5.41) is 8.54. The molecule has 0 N–H and O–H groups in total. The molecule has 2 aromatic heterocycles. The van der Waals surface area contributed by atoms with E-state index in [1.54, 1.807) is 4.52 Å². The van der Waals surface area contributed by atoms with Crippen molar-refractivity contribution in [1.82, 2.24) is 24.6 Å². The third-order valence-corrected chi connectivity index (χ3v) is 6.59. The summed E-state index contributed by atoms with van der Waals surface area (Å²) in [5.74, 6) is -0.0602. The summed E-state index contributed by atoms with van der Waals surface area (Å²) in [6.07, 6.45) is 3.99. The van der Waals surface area contributed by atoms with Crippen molar-refractivity contribution in [3.63, 3.8) is 0 Å². The van der Waals surface area contributed by atoms with Gasteiger partial charge in [-0.3, -0.25) is 9.80 Å². The number of carbonyl (C=O) groups is 1. The summed E-state index contributed by atoms with van der Waals surface area (Å²) >= 11 is 0. The Morgan fingerprint density at radius 1 is 1.10 bits per heavy atom. The molecule has 2 saturated heterocycles. The molecule has 0 spiro atoms. The molecule has 0 atom stereocenters. The van der Waals surface area contributed by atoms with Crippen LogP contribution in [-0.2, 0) is 15.7 Å². The van der Waals surface area contributed by atoms with Crippen molar-refractivity contribution in [2.45, 2.75) is 71.5 Å². The fourth-order valence-electron chi connectivity index (χ4n) is 3.95. The van der Waals surface area contributed by atoms with E-state index in [9.17, 15) is 4.79 Å². The van der Waals surface area contributed by atoms with E-state index in [4.69, 9.17) is 14.4 Å². The topological polar surface area (TPSA) is 72.2 Å². The molecule has 0 saturated carbocycles. The van der Waals surface area contributed by atoms with Crippen LogP contribution in [-0.4, -0.2) is 69.0 Å². The van der Waals surface area contributed by atoms with Gasteiger partial charge in [0, 0.05) is 31.9 Å². The quantitative estimate of drug-likeness (QED) is 0.718. The maximum Gasteiger partial charge on any atom is 0.516 e. The Morgan fingerprint density at radius 3 is 2.43 bits per heavy atom. The summed E-state index contributed by atoms with van der Waals surface area (Å²) in [6.45, 7) is 11.7. The Hall–Kier alpha value is -1.97. The van der Waals surface area contributed by atoms with Gasteiger partial charge < -0.3 is 9.31 Å². The van der Waals surface area contributed by atoms with Gasteiger partial charge in [0.15, 0.2) is 5.65 Å². The predicted octanol–water partition coefficient (Wildman–Crippen LogP) is 2.06. The van der Waals surface area contributed by atoms with Gasteiger partial charge in [0.1, 0.15) is 5.69 Å². The number of rotatable bonds is 3. The van der Waals surface area contributed by atoms with E-state index in [0.29, 0.717) is 16.9 Å². The third kappa shape index (κ3) is 3.63. The molecule has 0 aromatic carbocycles. The van der Waals surface area contributed by atoms with Crippen LogP contribution in [0.5, 0.6) is 0 Å². The molecule has 2 aromatic rings. The minimum Gasteiger partial charge on any atom is -0.398 e. The Bertz CT molecular complexity index is 942. The second kappa shape index (κ2) is 7.62. The van der Waals surface area contributed by atoms with Crippen molar-refractivity contribution in [2.24, 2.45) is 0 Å². The molecule has 0 radical (unpaired) electrons. The van der Waals surface area contributed by atoms with Gasteiger partial charge in [0.05, 0.1) is 16.8 Å². The average Bonchev–Trinajstić information content (AvgIpc) is 3.12. The highest BCUT2D eigenvalue weighted by Crippen LogP contribution is 2.36. The number of hydrogen-bond acceptors (Lipinski definition) is 6. The number of aryl methyl sites for hydroxylation is 1. The molecule has 30 heavy (non-hydrogen) atoms. The largest absolute Gasteiger partial charge is 0.516 e. The van der Waals surface area contributed by atoms with Crippen molar-refractivity contribution in [3.8, 4) is 0 Å². The molecular formula is C21H32BN5O3. The highest BCUT2D eigenvalue weighted by Gasteiger charge is 2.52. The highest BCUT2D eigenvalue weighted by atomic mass is 16.7. The van der Waals surface area contributed by atoms with E-state index in [1.165, 1.54) is 0 Å². The first-order valence-electron chi connectivity index (χ1n) is 10.9. The van der Waals surface area contributed by atoms with Gasteiger partial charge in [-0.2, -0.15) is 5.10 Å². The van der Waals surface area contributed by atoms with Crippen molar-refractivity contribution >= 4 is 24.3 Å². The summed E-state index contributed by atoms with van der Waals surface area (Å²) in [6, 6.07) is 3.72. The molecular weight excluding hydrogens is 381 g/mol. The van der Waals surface area contributed by atoms with E-state index in [1.807, 2.05) is 56.9 Å². The first kappa shape index (κ1) is 21.3. The molecule has 4 rings (SSSR count). The normalized spacial score (nSPS) is 21.9. The lowest BCUT2D eigenvalue weighted by atomic mass is 9.85. The minimum atomic E-state index is -0.558. The molecule has 0 unspecified atom stereocenters. The van der Waals surface area contributed by atoms with E-state index < -0.39 is 18.3 Å². The molecule has 0 aliphatic carbocycles. The lowest BCUT2D eigenvalue weighted by Crippen LogP contribution is -2.44. The fourth-order valence-corrected chi connectivity index (χ4v) is 3.95. The first-order chi connectivity index (χ1) is 14.1. The Morgan fingerprint density at radius 2 is 1.77 bits per heavy atom. The molecule has 8 nitrogen and oxygen atoms in total. The maximum atomic E-state index is 13.3. The van der Waals surface area contributed by atoms with Gasteiger partial charge in [0.25, 0.3) is 5.91 Å². The average molecular weight is 413 g/mol. The number of nitrogens with zero attached hydrogens (tertiary/aromatic N) is 5. The second-order valence-electron chi connectivity index (χ2n) is 9.28. The summed E-state index contributed by atoms with van der Waals surface area (Å²) in [7, 11) is 1.41. The van der Waals surface area contributed by atoms with Crippen LogP contribution in [0.15, 0.2) is 12.1 Å². The summed E-state index contributed by atoms with van der Waals surface area (Å²) in [5.41, 5.74) is 1.82. The Labute approximate surface area is 178 Å². The zero-order valence-electron chi connectivity index (χ0n) is 18.9. The fraction of sp³-hybridized carbons (Fsp3) is 0.667. The molecule has 2 aliphatic rings. The molecule has 4 heterocycles. The van der Waals surface area contributed by atoms with Gasteiger partial charge in [-0.15, -0.1) is 0 Å². The van der Waals surface area contributed by atoms with Crippen LogP contribution >= 0.6 is 0 Å². The number of hydrazine groups is 1.